The van der Waals surface area contributed by atoms with E-state index in [0.717, 1.165) is 17.7 Å². The van der Waals surface area contributed by atoms with E-state index in [9.17, 15) is 14.9 Å². The third-order valence-electron chi connectivity index (χ3n) is 5.37. The van der Waals surface area contributed by atoms with Gasteiger partial charge >= 0.3 is 6.09 Å². The molecule has 0 atom stereocenters. The van der Waals surface area contributed by atoms with Crippen LogP contribution >= 0.6 is 23.2 Å². The van der Waals surface area contributed by atoms with Gasteiger partial charge in [0.05, 0.1) is 22.7 Å². The van der Waals surface area contributed by atoms with Gasteiger partial charge in [0.1, 0.15) is 18.0 Å². The summed E-state index contributed by atoms with van der Waals surface area (Å²) in [6, 6.07) is 12.3. The van der Waals surface area contributed by atoms with E-state index >= 15 is 0 Å². The maximum absolute atomic E-state index is 13.4. The van der Waals surface area contributed by atoms with Gasteiger partial charge in [-0.3, -0.25) is 4.79 Å². The van der Waals surface area contributed by atoms with Crippen molar-refractivity contribution in [1.29, 1.82) is 5.26 Å². The molecule has 0 N–H and O–H groups in total. The molecule has 1 fully saturated rings. The molecule has 0 bridgehead atoms. The number of hydrogen-bond donors (Lipinski definition) is 0. The third-order valence-corrected chi connectivity index (χ3v) is 5.84. The van der Waals surface area contributed by atoms with Crippen molar-refractivity contribution in [3.05, 3.63) is 57.6 Å². The molecule has 2 aliphatic rings. The van der Waals surface area contributed by atoms with Crippen molar-refractivity contribution in [1.82, 2.24) is 0 Å². The van der Waals surface area contributed by atoms with E-state index in [1.54, 1.807) is 63.2 Å². The number of ether oxygens (including phenoxy) is 2. The number of nitrogens with zero attached hydrogens (tertiary/aromatic N) is 2. The van der Waals surface area contributed by atoms with E-state index in [4.69, 9.17) is 32.7 Å². The first kappa shape index (κ1) is 23.2. The van der Waals surface area contributed by atoms with Crippen molar-refractivity contribution in [2.45, 2.75) is 39.2 Å². The number of rotatable bonds is 4. The average Bonchev–Trinajstić information content (AvgIpc) is 3.46. The molecule has 0 saturated heterocycles. The number of carbonyl (C=O) groups is 2. The fourth-order valence-electron chi connectivity index (χ4n) is 3.47. The Morgan fingerprint density at radius 1 is 1.18 bits per heavy atom. The lowest BCUT2D eigenvalue weighted by Crippen LogP contribution is -2.38. The molecule has 2 aromatic carbocycles. The van der Waals surface area contributed by atoms with Gasteiger partial charge in [0.2, 0.25) is 0 Å². The standard InChI is InChI=1S/C25H22Cl2N2O4/c1-24(2,3)33-23(31)29-20-12-17(27)4-6-18(20)19(22(29)30)11-15-10-16(26)5-7-21(15)32-14-25(13-28)8-9-25/h4-7,10-12H,8-9,14H2,1-3H3/b19-11-. The highest BCUT2D eigenvalue weighted by Crippen LogP contribution is 2.46. The lowest BCUT2D eigenvalue weighted by Gasteiger charge is -2.23. The number of halogens is 2. The molecule has 0 unspecified atom stereocenters. The second-order valence-electron chi connectivity index (χ2n) is 9.20. The zero-order valence-electron chi connectivity index (χ0n) is 18.4. The maximum atomic E-state index is 13.4. The quantitative estimate of drug-likeness (QED) is 0.462. The Morgan fingerprint density at radius 2 is 1.85 bits per heavy atom. The Morgan fingerprint density at radius 3 is 2.48 bits per heavy atom. The Kier molecular flexibility index (Phi) is 5.90. The van der Waals surface area contributed by atoms with Crippen LogP contribution in [0.4, 0.5) is 10.5 Å². The first-order chi connectivity index (χ1) is 15.5. The topological polar surface area (TPSA) is 79.6 Å². The molecule has 33 heavy (non-hydrogen) atoms. The van der Waals surface area contributed by atoms with E-state index in [1.807, 2.05) is 0 Å². The fourth-order valence-corrected chi connectivity index (χ4v) is 3.81. The summed E-state index contributed by atoms with van der Waals surface area (Å²) in [4.78, 5) is 27.2. The molecule has 1 aliphatic carbocycles. The molecule has 6 nitrogen and oxygen atoms in total. The summed E-state index contributed by atoms with van der Waals surface area (Å²) in [5, 5.41) is 10.2. The molecule has 1 heterocycles. The average molecular weight is 485 g/mol. The van der Waals surface area contributed by atoms with E-state index in [-0.39, 0.29) is 12.2 Å². The normalized spacial score (nSPS) is 17.5. The SMILES string of the molecule is CC(C)(C)OC(=O)N1C(=O)/C(=C\c2cc(Cl)ccc2OCC2(C#N)CC2)c2ccc(Cl)cc21. The minimum Gasteiger partial charge on any atom is -0.491 e. The van der Waals surface area contributed by atoms with Crippen LogP contribution in [-0.4, -0.2) is 24.2 Å². The summed E-state index contributed by atoms with van der Waals surface area (Å²) in [6.45, 7) is 5.44. The number of imide groups is 1. The van der Waals surface area contributed by atoms with E-state index in [1.165, 1.54) is 0 Å². The minimum atomic E-state index is -0.785. The lowest BCUT2D eigenvalue weighted by atomic mass is 10.0. The van der Waals surface area contributed by atoms with E-state index < -0.39 is 23.0 Å². The largest absolute Gasteiger partial charge is 0.491 e. The zero-order chi connectivity index (χ0) is 24.0. The number of nitriles is 1. The highest BCUT2D eigenvalue weighted by molar-refractivity contribution is 6.42. The summed E-state index contributed by atoms with van der Waals surface area (Å²) in [5.74, 6) is -0.0458. The predicted octanol–water partition coefficient (Wildman–Crippen LogP) is 6.50. The molecule has 2 aromatic rings. The lowest BCUT2D eigenvalue weighted by molar-refractivity contribution is -0.112. The highest BCUT2D eigenvalue weighted by atomic mass is 35.5. The zero-order valence-corrected chi connectivity index (χ0v) is 20.0. The molecule has 1 saturated carbocycles. The Bertz CT molecular complexity index is 1220. The molecule has 0 radical (unpaired) electrons. The molecule has 170 valence electrons. The smallest absolute Gasteiger partial charge is 0.422 e. The van der Waals surface area contributed by atoms with Crippen LogP contribution in [-0.2, 0) is 9.53 Å². The number of anilines is 1. The predicted molar refractivity (Wildman–Crippen MR) is 127 cm³/mol. The Hall–Kier alpha value is -3.01. The van der Waals surface area contributed by atoms with Gasteiger partial charge in [-0.1, -0.05) is 29.3 Å². The first-order valence-electron chi connectivity index (χ1n) is 10.4. The van der Waals surface area contributed by atoms with Crippen LogP contribution < -0.4 is 9.64 Å². The molecular formula is C25H22Cl2N2O4. The van der Waals surface area contributed by atoms with Crippen molar-refractivity contribution < 1.29 is 19.1 Å². The molecule has 4 rings (SSSR count). The summed E-state index contributed by atoms with van der Waals surface area (Å²) >= 11 is 12.4. The molecule has 8 heteroatoms. The molecule has 2 amide bonds. The number of amides is 2. The Labute approximate surface area is 202 Å². The van der Waals surface area contributed by atoms with Gasteiger partial charge in [-0.25, -0.2) is 9.69 Å². The van der Waals surface area contributed by atoms with Gasteiger partial charge in [-0.05, 0) is 70.0 Å². The van der Waals surface area contributed by atoms with Crippen LogP contribution in [0.2, 0.25) is 10.0 Å². The highest BCUT2D eigenvalue weighted by Gasteiger charge is 2.44. The maximum Gasteiger partial charge on any atom is 0.422 e. The number of hydrogen-bond acceptors (Lipinski definition) is 5. The van der Waals surface area contributed by atoms with Gasteiger partial charge in [-0.2, -0.15) is 5.26 Å². The van der Waals surface area contributed by atoms with Crippen LogP contribution in [0.25, 0.3) is 11.6 Å². The van der Waals surface area contributed by atoms with Crippen molar-refractivity contribution in [3.63, 3.8) is 0 Å². The van der Waals surface area contributed by atoms with Crippen LogP contribution in [0.15, 0.2) is 36.4 Å². The van der Waals surface area contributed by atoms with E-state index in [2.05, 4.69) is 6.07 Å². The minimum absolute atomic E-state index is 0.255. The van der Waals surface area contributed by atoms with Crippen LogP contribution in [0.5, 0.6) is 5.75 Å². The summed E-state index contributed by atoms with van der Waals surface area (Å²) < 4.78 is 11.4. The molecule has 0 spiro atoms. The van der Waals surface area contributed by atoms with Gasteiger partial charge in [-0.15, -0.1) is 0 Å². The summed E-state index contributed by atoms with van der Waals surface area (Å²) in [7, 11) is 0. The van der Waals surface area contributed by atoms with Gasteiger partial charge in [0, 0.05) is 21.2 Å². The first-order valence-corrected chi connectivity index (χ1v) is 11.2. The van der Waals surface area contributed by atoms with Crippen molar-refractivity contribution >= 4 is 52.5 Å². The summed E-state index contributed by atoms with van der Waals surface area (Å²) in [5.41, 5.74) is 0.489. The molecular weight excluding hydrogens is 463 g/mol. The second-order valence-corrected chi connectivity index (χ2v) is 10.1. The Balaban J connectivity index is 1.74. The van der Waals surface area contributed by atoms with Crippen molar-refractivity contribution in [2.24, 2.45) is 5.41 Å². The second kappa shape index (κ2) is 8.40. The van der Waals surface area contributed by atoms with Gasteiger partial charge in [0.15, 0.2) is 0 Å². The number of benzene rings is 2. The van der Waals surface area contributed by atoms with Crippen LogP contribution in [0.3, 0.4) is 0 Å². The monoisotopic (exact) mass is 484 g/mol. The number of fused-ring (bicyclic) bond motifs is 1. The molecule has 0 aromatic heterocycles. The van der Waals surface area contributed by atoms with Gasteiger partial charge in [0.25, 0.3) is 5.91 Å². The molecule has 1 aliphatic heterocycles. The van der Waals surface area contributed by atoms with Crippen LogP contribution in [0, 0.1) is 16.7 Å². The van der Waals surface area contributed by atoms with Crippen LogP contribution in [0.1, 0.15) is 44.7 Å². The van der Waals surface area contributed by atoms with E-state index in [0.29, 0.717) is 32.6 Å². The van der Waals surface area contributed by atoms with Crippen molar-refractivity contribution in [2.75, 3.05) is 11.5 Å². The van der Waals surface area contributed by atoms with Crippen molar-refractivity contribution in [3.8, 4) is 11.8 Å². The number of carbonyl (C=O) groups excluding carboxylic acids is 2. The van der Waals surface area contributed by atoms with Gasteiger partial charge < -0.3 is 9.47 Å². The fraction of sp³-hybridized carbons (Fsp3) is 0.320. The third kappa shape index (κ3) is 4.85. The summed E-state index contributed by atoms with van der Waals surface area (Å²) in [6.07, 6.45) is 2.44.